The van der Waals surface area contributed by atoms with E-state index in [1.165, 1.54) is 0 Å². The van der Waals surface area contributed by atoms with Gasteiger partial charge in [-0.25, -0.2) is 4.79 Å². The van der Waals surface area contributed by atoms with Crippen molar-refractivity contribution >= 4 is 18.0 Å². The zero-order chi connectivity index (χ0) is 24.3. The summed E-state index contributed by atoms with van der Waals surface area (Å²) in [7, 11) is 0. The normalized spacial score (nSPS) is 19.1. The molecule has 3 N–H and O–H groups in total. The highest BCUT2D eigenvalue weighted by Crippen LogP contribution is 2.44. The number of carbonyl (C=O) groups excluding carboxylic acids is 2. The van der Waals surface area contributed by atoms with Crippen molar-refractivity contribution in [3.63, 3.8) is 0 Å². The molecule has 4 rings (SSSR count). The second kappa shape index (κ2) is 9.85. The lowest BCUT2D eigenvalue weighted by molar-refractivity contribution is -0.139. The molecule has 180 valence electrons. The van der Waals surface area contributed by atoms with Gasteiger partial charge in [0.2, 0.25) is 5.91 Å². The van der Waals surface area contributed by atoms with Gasteiger partial charge in [0.05, 0.1) is 19.1 Å². The lowest BCUT2D eigenvalue weighted by Crippen LogP contribution is -2.49. The zero-order valence-electron chi connectivity index (χ0n) is 19.4. The average Bonchev–Trinajstić information content (AvgIpc) is 3.32. The van der Waals surface area contributed by atoms with Crippen LogP contribution in [0.5, 0.6) is 0 Å². The fourth-order valence-electron chi connectivity index (χ4n) is 4.71. The Labute approximate surface area is 198 Å². The predicted molar refractivity (Wildman–Crippen MR) is 125 cm³/mol. The first-order valence-electron chi connectivity index (χ1n) is 11.5. The fourth-order valence-corrected chi connectivity index (χ4v) is 4.71. The maximum atomic E-state index is 12.6. The van der Waals surface area contributed by atoms with Crippen LogP contribution in [0.1, 0.15) is 43.7 Å². The standard InChI is InChI=1S/C26H30N2O6/c1-26(2)12-16(34-15-26)13-27-24(31)22(11-23(29)30)28-25(32)33-14-21-19-9-5-3-7-17(19)18-8-4-6-10-20(18)21/h3-10,16,21-22H,11-15H2,1-2H3,(H,27,31)(H,28,32)(H,29,30). The first-order chi connectivity index (χ1) is 16.2. The third-order valence-electron chi connectivity index (χ3n) is 6.32. The Morgan fingerprint density at radius 1 is 1.09 bits per heavy atom. The number of ether oxygens (including phenoxy) is 2. The Hall–Kier alpha value is -3.39. The monoisotopic (exact) mass is 466 g/mol. The van der Waals surface area contributed by atoms with Crippen molar-refractivity contribution in [3.05, 3.63) is 59.7 Å². The van der Waals surface area contributed by atoms with Crippen molar-refractivity contribution in [2.45, 2.75) is 44.8 Å². The van der Waals surface area contributed by atoms with Crippen LogP contribution in [0.3, 0.4) is 0 Å². The number of fused-ring (bicyclic) bond motifs is 3. The van der Waals surface area contributed by atoms with Gasteiger partial charge < -0.3 is 25.2 Å². The van der Waals surface area contributed by atoms with Crippen molar-refractivity contribution in [2.75, 3.05) is 19.8 Å². The van der Waals surface area contributed by atoms with Crippen molar-refractivity contribution in [2.24, 2.45) is 5.41 Å². The second-order valence-electron chi connectivity index (χ2n) is 9.67. The summed E-state index contributed by atoms with van der Waals surface area (Å²) in [5.41, 5.74) is 4.38. The van der Waals surface area contributed by atoms with Gasteiger partial charge in [0, 0.05) is 12.5 Å². The molecule has 0 spiro atoms. The molecule has 0 saturated carbocycles. The van der Waals surface area contributed by atoms with E-state index in [9.17, 15) is 19.5 Å². The van der Waals surface area contributed by atoms with Crippen LogP contribution in [0.15, 0.2) is 48.5 Å². The molecular formula is C26H30N2O6. The summed E-state index contributed by atoms with van der Waals surface area (Å²) in [6.45, 7) is 5.10. The highest BCUT2D eigenvalue weighted by atomic mass is 16.5. The lowest BCUT2D eigenvalue weighted by atomic mass is 9.91. The molecule has 8 heteroatoms. The Balaban J connectivity index is 1.35. The summed E-state index contributed by atoms with van der Waals surface area (Å²) in [6, 6.07) is 14.7. The summed E-state index contributed by atoms with van der Waals surface area (Å²) < 4.78 is 11.1. The maximum absolute atomic E-state index is 12.6. The summed E-state index contributed by atoms with van der Waals surface area (Å²) >= 11 is 0. The van der Waals surface area contributed by atoms with Gasteiger partial charge in [-0.05, 0) is 34.1 Å². The van der Waals surface area contributed by atoms with Crippen molar-refractivity contribution in [3.8, 4) is 11.1 Å². The third-order valence-corrected chi connectivity index (χ3v) is 6.32. The number of carbonyl (C=O) groups is 3. The van der Waals surface area contributed by atoms with Gasteiger partial charge in [-0.3, -0.25) is 9.59 Å². The van der Waals surface area contributed by atoms with Gasteiger partial charge in [0.1, 0.15) is 12.6 Å². The first-order valence-corrected chi connectivity index (χ1v) is 11.5. The van der Waals surface area contributed by atoms with E-state index >= 15 is 0 Å². The number of carboxylic acids is 1. The minimum absolute atomic E-state index is 0.0371. The second-order valence-corrected chi connectivity index (χ2v) is 9.67. The van der Waals surface area contributed by atoms with Gasteiger partial charge in [0.25, 0.3) is 0 Å². The number of hydrogen-bond acceptors (Lipinski definition) is 5. The summed E-state index contributed by atoms with van der Waals surface area (Å²) in [6.07, 6.45) is -0.732. The molecule has 0 aromatic heterocycles. The van der Waals surface area contributed by atoms with E-state index in [0.29, 0.717) is 6.61 Å². The molecule has 1 aliphatic heterocycles. The van der Waals surface area contributed by atoms with Crippen molar-refractivity contribution < 1.29 is 29.0 Å². The van der Waals surface area contributed by atoms with Crippen LogP contribution < -0.4 is 10.6 Å². The number of amides is 2. The minimum Gasteiger partial charge on any atom is -0.481 e. The number of aliphatic carboxylic acids is 1. The van der Waals surface area contributed by atoms with Crippen molar-refractivity contribution in [1.82, 2.24) is 10.6 Å². The highest BCUT2D eigenvalue weighted by molar-refractivity contribution is 5.89. The van der Waals surface area contributed by atoms with Crippen LogP contribution in [0, 0.1) is 5.41 Å². The molecule has 2 aromatic carbocycles. The summed E-state index contributed by atoms with van der Waals surface area (Å²) in [5, 5.41) is 14.3. The van der Waals surface area contributed by atoms with Crippen LogP contribution in [-0.4, -0.2) is 55.0 Å². The smallest absolute Gasteiger partial charge is 0.407 e. The Kier molecular flexibility index (Phi) is 6.88. The first kappa shape index (κ1) is 23.8. The van der Waals surface area contributed by atoms with E-state index in [2.05, 4.69) is 24.5 Å². The molecular weight excluding hydrogens is 436 g/mol. The van der Waals surface area contributed by atoms with E-state index in [1.54, 1.807) is 0 Å². The number of nitrogens with one attached hydrogen (secondary N) is 2. The molecule has 1 aliphatic carbocycles. The van der Waals surface area contributed by atoms with E-state index in [-0.39, 0.29) is 30.6 Å². The number of alkyl carbamates (subject to hydrolysis) is 1. The Morgan fingerprint density at radius 2 is 1.71 bits per heavy atom. The quantitative estimate of drug-likeness (QED) is 0.550. The molecule has 1 heterocycles. The van der Waals surface area contributed by atoms with Crippen molar-refractivity contribution in [1.29, 1.82) is 0 Å². The SMILES string of the molecule is CC1(C)COC(CNC(=O)C(CC(=O)O)NC(=O)OCC2c3ccccc3-c3ccccc32)C1. The lowest BCUT2D eigenvalue weighted by Gasteiger charge is -2.20. The molecule has 0 radical (unpaired) electrons. The van der Waals surface area contributed by atoms with Crippen LogP contribution in [0.2, 0.25) is 0 Å². The molecule has 2 aromatic rings. The molecule has 0 bridgehead atoms. The van der Waals surface area contributed by atoms with Gasteiger partial charge in [-0.1, -0.05) is 62.4 Å². The molecule has 2 atom stereocenters. The number of rotatable bonds is 8. The zero-order valence-corrected chi connectivity index (χ0v) is 19.4. The van der Waals surface area contributed by atoms with E-state index in [4.69, 9.17) is 9.47 Å². The molecule has 8 nitrogen and oxygen atoms in total. The third kappa shape index (κ3) is 5.39. The topological polar surface area (TPSA) is 114 Å². The Morgan fingerprint density at radius 3 is 2.26 bits per heavy atom. The maximum Gasteiger partial charge on any atom is 0.407 e. The largest absolute Gasteiger partial charge is 0.481 e. The number of benzene rings is 2. The number of carboxylic acid groups (broad SMARTS) is 1. The van der Waals surface area contributed by atoms with Crippen LogP contribution in [-0.2, 0) is 19.1 Å². The Bertz CT molecular complexity index is 1040. The number of hydrogen-bond donors (Lipinski definition) is 3. The van der Waals surface area contributed by atoms with Crippen LogP contribution in [0.4, 0.5) is 4.79 Å². The van der Waals surface area contributed by atoms with Crippen LogP contribution >= 0.6 is 0 Å². The average molecular weight is 467 g/mol. The molecule has 2 amide bonds. The van der Waals surface area contributed by atoms with Gasteiger partial charge >= 0.3 is 12.1 Å². The molecule has 34 heavy (non-hydrogen) atoms. The minimum atomic E-state index is -1.25. The van der Waals surface area contributed by atoms with E-state index < -0.39 is 30.4 Å². The van der Waals surface area contributed by atoms with Gasteiger partial charge in [0.15, 0.2) is 0 Å². The van der Waals surface area contributed by atoms with E-state index in [0.717, 1.165) is 28.7 Å². The fraction of sp³-hybridized carbons (Fsp3) is 0.423. The van der Waals surface area contributed by atoms with E-state index in [1.807, 2.05) is 48.5 Å². The van der Waals surface area contributed by atoms with Crippen LogP contribution in [0.25, 0.3) is 11.1 Å². The molecule has 1 fully saturated rings. The van der Waals surface area contributed by atoms with Gasteiger partial charge in [-0.15, -0.1) is 0 Å². The van der Waals surface area contributed by atoms with Gasteiger partial charge in [-0.2, -0.15) is 0 Å². The summed E-state index contributed by atoms with van der Waals surface area (Å²) in [5.74, 6) is -1.91. The molecule has 2 unspecified atom stereocenters. The summed E-state index contributed by atoms with van der Waals surface area (Å²) in [4.78, 5) is 36.4. The predicted octanol–water partition coefficient (Wildman–Crippen LogP) is 3.30. The molecule has 2 aliphatic rings. The molecule has 1 saturated heterocycles. The highest BCUT2D eigenvalue weighted by Gasteiger charge is 2.33.